The van der Waals surface area contributed by atoms with Gasteiger partial charge in [-0.15, -0.1) is 23.1 Å². The first-order valence-corrected chi connectivity index (χ1v) is 15.9. The molecule has 5 rings (SSSR count). The van der Waals surface area contributed by atoms with Crippen LogP contribution in [-0.2, 0) is 9.59 Å². The van der Waals surface area contributed by atoms with Crippen molar-refractivity contribution in [1.82, 2.24) is 10.3 Å². The molecule has 0 saturated carbocycles. The van der Waals surface area contributed by atoms with Crippen molar-refractivity contribution >= 4 is 75.0 Å². The Morgan fingerprint density at radius 1 is 0.891 bits per heavy atom. The summed E-state index contributed by atoms with van der Waals surface area (Å²) >= 11 is 8.87. The second-order valence-corrected chi connectivity index (χ2v) is 11.9. The molecule has 0 unspecified atom stereocenters. The summed E-state index contributed by atoms with van der Waals surface area (Å²) in [4.78, 5) is 54.4. The molecule has 1 aromatic heterocycles. The number of hydrogen-bond acceptors (Lipinski definition) is 8. The summed E-state index contributed by atoms with van der Waals surface area (Å²) in [5.41, 5.74) is 2.60. The van der Waals surface area contributed by atoms with Crippen molar-refractivity contribution in [2.24, 2.45) is 0 Å². The Morgan fingerprint density at radius 2 is 1.59 bits per heavy atom. The number of non-ortho nitro benzene ring substituents is 1. The molecule has 0 saturated heterocycles. The SMILES string of the molecule is O=C(CSc1ccc(NC(=O)/C(=C/c2ccc([N+](=O)[O-])cc2)NC(=O)c2ccccc2)cc1)Nc1nc(-c2ccccc2Cl)cs1. The van der Waals surface area contributed by atoms with Crippen LogP contribution in [0.1, 0.15) is 15.9 Å². The second-order valence-electron chi connectivity index (χ2n) is 9.56. The first-order chi connectivity index (χ1) is 22.2. The molecule has 3 amide bonds. The van der Waals surface area contributed by atoms with Gasteiger partial charge in [0.15, 0.2) is 5.13 Å². The van der Waals surface area contributed by atoms with E-state index in [-0.39, 0.29) is 23.0 Å². The molecule has 1 heterocycles. The minimum absolute atomic E-state index is 0.0577. The lowest BCUT2D eigenvalue weighted by Crippen LogP contribution is -2.30. The van der Waals surface area contributed by atoms with Crippen molar-refractivity contribution in [2.75, 3.05) is 16.4 Å². The van der Waals surface area contributed by atoms with Crippen LogP contribution in [-0.4, -0.2) is 33.4 Å². The number of halogens is 1. The van der Waals surface area contributed by atoms with Gasteiger partial charge in [-0.25, -0.2) is 4.98 Å². The van der Waals surface area contributed by atoms with Gasteiger partial charge in [-0.2, -0.15) is 0 Å². The Morgan fingerprint density at radius 3 is 2.28 bits per heavy atom. The molecule has 0 atom stereocenters. The minimum atomic E-state index is -0.595. The van der Waals surface area contributed by atoms with Crippen LogP contribution < -0.4 is 16.0 Å². The van der Waals surface area contributed by atoms with Gasteiger partial charge in [0.1, 0.15) is 5.70 Å². The third-order valence-corrected chi connectivity index (χ3v) is 8.43. The fraction of sp³-hybridized carbons (Fsp3) is 0.0303. The van der Waals surface area contributed by atoms with Crippen molar-refractivity contribution in [2.45, 2.75) is 4.90 Å². The van der Waals surface area contributed by atoms with E-state index in [1.54, 1.807) is 60.7 Å². The summed E-state index contributed by atoms with van der Waals surface area (Å²) in [6, 6.07) is 28.2. The first kappa shape index (κ1) is 32.1. The van der Waals surface area contributed by atoms with Crippen LogP contribution in [0.3, 0.4) is 0 Å². The van der Waals surface area contributed by atoms with Crippen LogP contribution >= 0.6 is 34.7 Å². The van der Waals surface area contributed by atoms with E-state index in [4.69, 9.17) is 11.6 Å². The van der Waals surface area contributed by atoms with Crippen molar-refractivity contribution in [1.29, 1.82) is 0 Å². The summed E-state index contributed by atoms with van der Waals surface area (Å²) in [5, 5.41) is 22.1. The number of benzene rings is 4. The lowest BCUT2D eigenvalue weighted by molar-refractivity contribution is -0.384. The maximum absolute atomic E-state index is 13.3. The fourth-order valence-corrected chi connectivity index (χ4v) is 5.72. The number of nitro groups is 1. The molecule has 10 nitrogen and oxygen atoms in total. The highest BCUT2D eigenvalue weighted by Crippen LogP contribution is 2.30. The van der Waals surface area contributed by atoms with Gasteiger partial charge < -0.3 is 16.0 Å². The number of carbonyl (C=O) groups excluding carboxylic acids is 3. The molecule has 3 N–H and O–H groups in total. The lowest BCUT2D eigenvalue weighted by atomic mass is 10.1. The molecule has 0 spiro atoms. The average Bonchev–Trinajstić information content (AvgIpc) is 3.53. The Bertz CT molecular complexity index is 1910. The number of rotatable bonds is 11. The monoisotopic (exact) mass is 669 g/mol. The fourth-order valence-electron chi connectivity index (χ4n) is 4.06. The quantitative estimate of drug-likeness (QED) is 0.0571. The Labute approximate surface area is 276 Å². The van der Waals surface area contributed by atoms with Crippen molar-refractivity contribution in [3.63, 3.8) is 0 Å². The van der Waals surface area contributed by atoms with E-state index >= 15 is 0 Å². The van der Waals surface area contributed by atoms with Crippen molar-refractivity contribution < 1.29 is 19.3 Å². The number of amides is 3. The third kappa shape index (κ3) is 8.66. The summed E-state index contributed by atoms with van der Waals surface area (Å²) in [7, 11) is 0. The normalized spacial score (nSPS) is 11.0. The highest BCUT2D eigenvalue weighted by Gasteiger charge is 2.16. The molecule has 0 aliphatic carbocycles. The molecular formula is C33H24ClN5O5S2. The van der Waals surface area contributed by atoms with E-state index < -0.39 is 16.7 Å². The van der Waals surface area contributed by atoms with Crippen LogP contribution in [0, 0.1) is 10.1 Å². The molecule has 0 bridgehead atoms. The number of anilines is 2. The predicted octanol–water partition coefficient (Wildman–Crippen LogP) is 7.51. The van der Waals surface area contributed by atoms with Gasteiger partial charge in [0, 0.05) is 44.2 Å². The number of nitrogens with zero attached hydrogens (tertiary/aromatic N) is 2. The number of hydrogen-bond donors (Lipinski definition) is 3. The number of nitro benzene ring substituents is 1. The zero-order valence-electron chi connectivity index (χ0n) is 23.8. The van der Waals surface area contributed by atoms with Gasteiger partial charge in [0.05, 0.1) is 16.4 Å². The maximum atomic E-state index is 13.3. The lowest BCUT2D eigenvalue weighted by Gasteiger charge is -2.12. The van der Waals surface area contributed by atoms with E-state index in [0.717, 1.165) is 10.5 Å². The maximum Gasteiger partial charge on any atom is 0.272 e. The first-order valence-electron chi connectivity index (χ1n) is 13.6. The smallest absolute Gasteiger partial charge is 0.272 e. The van der Waals surface area contributed by atoms with E-state index in [0.29, 0.717) is 32.7 Å². The van der Waals surface area contributed by atoms with Crippen LogP contribution in [0.4, 0.5) is 16.5 Å². The average molecular weight is 670 g/mol. The number of nitrogens with one attached hydrogen (secondary N) is 3. The molecular weight excluding hydrogens is 646 g/mol. The number of thiazole rings is 1. The topological polar surface area (TPSA) is 143 Å². The number of thioether (sulfide) groups is 1. The van der Waals surface area contributed by atoms with Gasteiger partial charge in [0.25, 0.3) is 17.5 Å². The second kappa shape index (κ2) is 15.1. The zero-order valence-corrected chi connectivity index (χ0v) is 26.2. The minimum Gasteiger partial charge on any atom is -0.321 e. The van der Waals surface area contributed by atoms with Gasteiger partial charge in [-0.1, -0.05) is 48.0 Å². The van der Waals surface area contributed by atoms with E-state index in [1.165, 1.54) is 53.4 Å². The highest BCUT2D eigenvalue weighted by molar-refractivity contribution is 8.00. The molecule has 4 aromatic carbocycles. The molecule has 230 valence electrons. The van der Waals surface area contributed by atoms with Gasteiger partial charge in [0.2, 0.25) is 5.91 Å². The van der Waals surface area contributed by atoms with E-state index in [9.17, 15) is 24.5 Å². The molecule has 0 radical (unpaired) electrons. The number of carbonyl (C=O) groups is 3. The summed E-state index contributed by atoms with van der Waals surface area (Å²) < 4.78 is 0. The molecule has 13 heteroatoms. The van der Waals surface area contributed by atoms with Gasteiger partial charge >= 0.3 is 0 Å². The molecule has 46 heavy (non-hydrogen) atoms. The molecule has 5 aromatic rings. The third-order valence-electron chi connectivity index (χ3n) is 6.33. The Hall–Kier alpha value is -5.30. The van der Waals surface area contributed by atoms with Gasteiger partial charge in [-0.05, 0) is 66.2 Å². The molecule has 0 aliphatic rings. The highest BCUT2D eigenvalue weighted by atomic mass is 35.5. The molecule has 0 aliphatic heterocycles. The standard InChI is InChI=1S/C33H24ClN5O5S2/c34-27-9-5-4-8-26(27)29-19-46-33(37-29)38-30(40)20-45-25-16-12-23(13-17-25)35-32(42)28(36-31(41)22-6-2-1-3-7-22)18-21-10-14-24(15-11-21)39(43)44/h1-19H,20H2,(H,35,42)(H,36,41)(H,37,38,40)/b28-18-. The van der Waals surface area contributed by atoms with E-state index in [1.807, 2.05) is 23.6 Å². The Kier molecular flexibility index (Phi) is 10.6. The summed E-state index contributed by atoms with van der Waals surface area (Å²) in [5.74, 6) is -1.17. The summed E-state index contributed by atoms with van der Waals surface area (Å²) in [6.45, 7) is 0. The zero-order chi connectivity index (χ0) is 32.5. The van der Waals surface area contributed by atoms with Crippen molar-refractivity contribution in [3.8, 4) is 11.3 Å². The van der Waals surface area contributed by atoms with Crippen LogP contribution in [0.15, 0.2) is 119 Å². The largest absolute Gasteiger partial charge is 0.321 e. The van der Waals surface area contributed by atoms with Crippen LogP contribution in [0.5, 0.6) is 0 Å². The van der Waals surface area contributed by atoms with Crippen LogP contribution in [0.2, 0.25) is 5.02 Å². The van der Waals surface area contributed by atoms with Crippen LogP contribution in [0.25, 0.3) is 17.3 Å². The Balaban J connectivity index is 1.20. The van der Waals surface area contributed by atoms with Crippen molar-refractivity contribution in [3.05, 3.63) is 140 Å². The van der Waals surface area contributed by atoms with E-state index in [2.05, 4.69) is 20.9 Å². The molecule has 0 fully saturated rings. The number of aromatic nitrogens is 1. The predicted molar refractivity (Wildman–Crippen MR) is 182 cm³/mol. The summed E-state index contributed by atoms with van der Waals surface area (Å²) in [6.07, 6.45) is 1.43. The van der Waals surface area contributed by atoms with Gasteiger partial charge in [-0.3, -0.25) is 24.5 Å².